The summed E-state index contributed by atoms with van der Waals surface area (Å²) in [6, 6.07) is 3.74. The summed E-state index contributed by atoms with van der Waals surface area (Å²) in [6.07, 6.45) is 2.39. The molecule has 1 saturated heterocycles. The lowest BCUT2D eigenvalue weighted by molar-refractivity contribution is -0.00702. The van der Waals surface area contributed by atoms with Gasteiger partial charge in [0, 0.05) is 44.4 Å². The minimum atomic E-state index is -0.0596. The number of carbonyl (C=O) groups is 1. The van der Waals surface area contributed by atoms with Gasteiger partial charge in [0.1, 0.15) is 5.82 Å². The highest BCUT2D eigenvalue weighted by molar-refractivity contribution is 6.30. The molecule has 2 aliphatic heterocycles. The first-order valence-electron chi connectivity index (χ1n) is 8.91. The lowest BCUT2D eigenvalue weighted by atomic mass is 9.99. The molecular weight excluding hydrogens is 354 g/mol. The second-order valence-electron chi connectivity index (χ2n) is 6.87. The Kier molecular flexibility index (Phi) is 4.58. The van der Waals surface area contributed by atoms with E-state index in [1.54, 1.807) is 6.20 Å². The van der Waals surface area contributed by atoms with Crippen molar-refractivity contribution >= 4 is 23.3 Å². The van der Waals surface area contributed by atoms with E-state index in [1.807, 2.05) is 30.9 Å². The maximum absolute atomic E-state index is 13.0. The van der Waals surface area contributed by atoms with E-state index in [-0.39, 0.29) is 18.1 Å². The second-order valence-corrected chi connectivity index (χ2v) is 7.31. The van der Waals surface area contributed by atoms with E-state index in [0.717, 1.165) is 30.2 Å². The molecule has 2 aliphatic rings. The molecule has 0 bridgehead atoms. The fourth-order valence-corrected chi connectivity index (χ4v) is 3.81. The molecular formula is C18H22ClN5O2. The molecule has 4 rings (SSSR count). The zero-order valence-electron chi connectivity index (χ0n) is 14.9. The van der Waals surface area contributed by atoms with E-state index < -0.39 is 0 Å². The van der Waals surface area contributed by atoms with Gasteiger partial charge in [0.2, 0.25) is 0 Å². The Morgan fingerprint density at radius 2 is 2.04 bits per heavy atom. The van der Waals surface area contributed by atoms with Gasteiger partial charge in [-0.1, -0.05) is 11.6 Å². The Morgan fingerprint density at radius 1 is 1.27 bits per heavy atom. The van der Waals surface area contributed by atoms with Crippen molar-refractivity contribution in [2.24, 2.45) is 0 Å². The summed E-state index contributed by atoms with van der Waals surface area (Å²) in [7, 11) is 0. The number of hydrogen-bond acceptors (Lipinski definition) is 5. The van der Waals surface area contributed by atoms with Crippen LogP contribution in [0, 0.1) is 0 Å². The van der Waals surface area contributed by atoms with Crippen LogP contribution in [0.15, 0.2) is 18.3 Å². The van der Waals surface area contributed by atoms with Crippen molar-refractivity contribution < 1.29 is 9.53 Å². The number of anilines is 1. The fraction of sp³-hybridized carbons (Fsp3) is 0.500. The zero-order chi connectivity index (χ0) is 18.3. The van der Waals surface area contributed by atoms with Crippen molar-refractivity contribution in [3.8, 4) is 0 Å². The number of aromatic nitrogens is 3. The highest BCUT2D eigenvalue weighted by Gasteiger charge is 2.32. The van der Waals surface area contributed by atoms with Gasteiger partial charge < -0.3 is 14.5 Å². The molecule has 4 heterocycles. The molecule has 0 unspecified atom stereocenters. The first-order valence-corrected chi connectivity index (χ1v) is 9.29. The number of carbonyl (C=O) groups excluding carboxylic acids is 1. The van der Waals surface area contributed by atoms with E-state index in [0.29, 0.717) is 30.2 Å². The van der Waals surface area contributed by atoms with Crippen LogP contribution in [-0.2, 0) is 11.2 Å². The summed E-state index contributed by atoms with van der Waals surface area (Å²) in [4.78, 5) is 21.4. The van der Waals surface area contributed by atoms with Gasteiger partial charge in [0.25, 0.3) is 5.91 Å². The van der Waals surface area contributed by atoms with Crippen LogP contribution in [-0.4, -0.2) is 58.3 Å². The molecule has 8 heteroatoms. The SMILES string of the molecule is C[C@@H]1Cc2c(C(=O)N3CCN(c4ccc(Cl)cn4)CC3)n[nH]c2[C@H](C)O1. The molecule has 0 aromatic carbocycles. The summed E-state index contributed by atoms with van der Waals surface area (Å²) < 4.78 is 5.80. The molecule has 0 aliphatic carbocycles. The Morgan fingerprint density at radius 3 is 2.73 bits per heavy atom. The Bertz CT molecular complexity index is 798. The van der Waals surface area contributed by atoms with E-state index in [4.69, 9.17) is 16.3 Å². The monoisotopic (exact) mass is 375 g/mol. The van der Waals surface area contributed by atoms with Crippen molar-refractivity contribution in [1.82, 2.24) is 20.1 Å². The van der Waals surface area contributed by atoms with Gasteiger partial charge in [-0.05, 0) is 26.0 Å². The maximum Gasteiger partial charge on any atom is 0.274 e. The molecule has 2 aromatic rings. The van der Waals surface area contributed by atoms with Crippen LogP contribution in [0.4, 0.5) is 5.82 Å². The minimum absolute atomic E-state index is 0.00693. The summed E-state index contributed by atoms with van der Waals surface area (Å²) in [5.41, 5.74) is 2.47. The van der Waals surface area contributed by atoms with Gasteiger partial charge in [-0.3, -0.25) is 9.89 Å². The van der Waals surface area contributed by atoms with E-state index >= 15 is 0 Å². The number of hydrogen-bond donors (Lipinski definition) is 1. The number of amides is 1. The summed E-state index contributed by atoms with van der Waals surface area (Å²) >= 11 is 5.90. The predicted octanol–water partition coefficient (Wildman–Crippen LogP) is 2.44. The first kappa shape index (κ1) is 17.3. The number of ether oxygens (including phenoxy) is 1. The summed E-state index contributed by atoms with van der Waals surface area (Å²) in [5, 5.41) is 7.93. The average molecular weight is 376 g/mol. The molecule has 1 N–H and O–H groups in total. The number of piperazine rings is 1. The van der Waals surface area contributed by atoms with Crippen LogP contribution in [0.3, 0.4) is 0 Å². The lowest BCUT2D eigenvalue weighted by Crippen LogP contribution is -2.49. The Balaban J connectivity index is 1.45. The molecule has 2 aromatic heterocycles. The zero-order valence-corrected chi connectivity index (χ0v) is 15.7. The van der Waals surface area contributed by atoms with Crippen molar-refractivity contribution in [2.75, 3.05) is 31.1 Å². The van der Waals surface area contributed by atoms with Gasteiger partial charge in [-0.15, -0.1) is 0 Å². The van der Waals surface area contributed by atoms with Crippen LogP contribution >= 0.6 is 11.6 Å². The summed E-state index contributed by atoms with van der Waals surface area (Å²) in [6.45, 7) is 6.78. The van der Waals surface area contributed by atoms with Crippen molar-refractivity contribution in [2.45, 2.75) is 32.5 Å². The number of H-pyrrole nitrogens is 1. The molecule has 1 fully saturated rings. The molecule has 1 amide bonds. The minimum Gasteiger partial charge on any atom is -0.369 e. The largest absolute Gasteiger partial charge is 0.369 e. The van der Waals surface area contributed by atoms with Crippen LogP contribution in [0.1, 0.15) is 41.7 Å². The third-order valence-electron chi connectivity index (χ3n) is 5.04. The van der Waals surface area contributed by atoms with Crippen LogP contribution in [0.5, 0.6) is 0 Å². The van der Waals surface area contributed by atoms with Gasteiger partial charge in [0.15, 0.2) is 5.69 Å². The second kappa shape index (κ2) is 6.89. The van der Waals surface area contributed by atoms with Gasteiger partial charge >= 0.3 is 0 Å². The molecule has 7 nitrogen and oxygen atoms in total. The Labute approximate surface area is 157 Å². The number of fused-ring (bicyclic) bond motifs is 1. The van der Waals surface area contributed by atoms with Crippen LogP contribution in [0.2, 0.25) is 5.02 Å². The van der Waals surface area contributed by atoms with Crippen molar-refractivity contribution in [1.29, 1.82) is 0 Å². The number of nitrogens with one attached hydrogen (secondary N) is 1. The van der Waals surface area contributed by atoms with E-state index in [1.165, 1.54) is 0 Å². The summed E-state index contributed by atoms with van der Waals surface area (Å²) in [5.74, 6) is 0.881. The number of halogens is 1. The smallest absolute Gasteiger partial charge is 0.274 e. The number of aromatic amines is 1. The number of pyridine rings is 1. The Hall–Kier alpha value is -2.12. The highest BCUT2D eigenvalue weighted by Crippen LogP contribution is 2.30. The molecule has 0 spiro atoms. The quantitative estimate of drug-likeness (QED) is 0.872. The molecule has 26 heavy (non-hydrogen) atoms. The lowest BCUT2D eigenvalue weighted by Gasteiger charge is -2.35. The molecule has 0 saturated carbocycles. The van der Waals surface area contributed by atoms with Crippen molar-refractivity contribution in [3.63, 3.8) is 0 Å². The predicted molar refractivity (Wildman–Crippen MR) is 98.6 cm³/mol. The van der Waals surface area contributed by atoms with Gasteiger partial charge in [-0.2, -0.15) is 5.10 Å². The highest BCUT2D eigenvalue weighted by atomic mass is 35.5. The van der Waals surface area contributed by atoms with Crippen LogP contribution < -0.4 is 4.90 Å². The normalized spacial score (nSPS) is 23.0. The third-order valence-corrected chi connectivity index (χ3v) is 5.26. The van der Waals surface area contributed by atoms with E-state index in [9.17, 15) is 4.79 Å². The molecule has 0 radical (unpaired) electrons. The molecule has 138 valence electrons. The number of rotatable bonds is 2. The third kappa shape index (κ3) is 3.17. The standard InChI is InChI=1S/C18H22ClN5O2/c1-11-9-14-16(12(2)26-11)21-22-17(14)18(25)24-7-5-23(6-8-24)15-4-3-13(19)10-20-15/h3-4,10-12H,5-9H2,1-2H3,(H,21,22)/t11-,12+/m1/s1. The first-order chi connectivity index (χ1) is 12.5. The topological polar surface area (TPSA) is 74.4 Å². The fourth-order valence-electron chi connectivity index (χ4n) is 3.69. The van der Waals surface area contributed by atoms with Gasteiger partial charge in [-0.25, -0.2) is 4.98 Å². The van der Waals surface area contributed by atoms with Crippen molar-refractivity contribution in [3.05, 3.63) is 40.3 Å². The van der Waals surface area contributed by atoms with Gasteiger partial charge in [0.05, 0.1) is 22.9 Å². The van der Waals surface area contributed by atoms with E-state index in [2.05, 4.69) is 20.1 Å². The number of nitrogens with zero attached hydrogens (tertiary/aromatic N) is 4. The molecule has 2 atom stereocenters. The average Bonchev–Trinajstić information content (AvgIpc) is 3.06. The van der Waals surface area contributed by atoms with Crippen LogP contribution in [0.25, 0.3) is 0 Å². The maximum atomic E-state index is 13.0.